The smallest absolute Gasteiger partial charge is 0.123 e. The molecule has 0 N–H and O–H groups in total. The molecule has 0 aliphatic heterocycles. The minimum atomic E-state index is -0.171. The van der Waals surface area contributed by atoms with Crippen LogP contribution in [0.25, 0.3) is 0 Å². The van der Waals surface area contributed by atoms with Crippen LogP contribution in [0.15, 0.2) is 96.6 Å². The van der Waals surface area contributed by atoms with E-state index in [1.54, 1.807) is 17.7 Å². The van der Waals surface area contributed by atoms with Gasteiger partial charge in [-0.05, 0) is 97.6 Å². The van der Waals surface area contributed by atoms with Gasteiger partial charge in [0, 0.05) is 19.3 Å². The fourth-order valence-corrected chi connectivity index (χ4v) is 6.02. The average Bonchev–Trinajstić information content (AvgIpc) is 3.22. The van der Waals surface area contributed by atoms with Gasteiger partial charge in [0.05, 0.1) is 0 Å². The van der Waals surface area contributed by atoms with Gasteiger partial charge in [-0.2, -0.15) is 0 Å². The summed E-state index contributed by atoms with van der Waals surface area (Å²) in [6.45, 7) is 18.1. The van der Waals surface area contributed by atoms with Crippen LogP contribution in [0.5, 0.6) is 0 Å². The van der Waals surface area contributed by atoms with Crippen molar-refractivity contribution in [1.82, 2.24) is 0 Å². The highest BCUT2D eigenvalue weighted by Crippen LogP contribution is 2.56. The fraction of sp³-hybridized carbons (Fsp3) is 0.429. The molecule has 1 nitrogen and oxygen atoms in total. The summed E-state index contributed by atoms with van der Waals surface area (Å²) in [6, 6.07) is 15.3. The number of fused-ring (bicyclic) bond motifs is 1. The number of nitrogens with zero attached hydrogens (tertiary/aromatic N) is 1. The van der Waals surface area contributed by atoms with Crippen LogP contribution in [0, 0.1) is 30.0 Å². The first-order valence-corrected chi connectivity index (χ1v) is 13.9. The van der Waals surface area contributed by atoms with E-state index in [0.717, 1.165) is 30.9 Å². The zero-order valence-electron chi connectivity index (χ0n) is 23.7. The number of hydrogen-bond donors (Lipinski definition) is 0. The molecule has 4 rings (SSSR count). The summed E-state index contributed by atoms with van der Waals surface area (Å²) in [7, 11) is 2.20. The molecule has 2 aliphatic carbocycles. The van der Waals surface area contributed by atoms with E-state index in [1.807, 2.05) is 13.0 Å². The zero-order valence-corrected chi connectivity index (χ0v) is 23.7. The van der Waals surface area contributed by atoms with E-state index >= 15 is 0 Å². The summed E-state index contributed by atoms with van der Waals surface area (Å²) in [5.74, 6) is 1.16. The van der Waals surface area contributed by atoms with Crippen LogP contribution in [0.2, 0.25) is 0 Å². The third kappa shape index (κ3) is 7.12. The molecule has 0 amide bonds. The second-order valence-electron chi connectivity index (χ2n) is 11.3. The number of halogens is 1. The van der Waals surface area contributed by atoms with Crippen molar-refractivity contribution in [3.8, 4) is 0 Å². The maximum absolute atomic E-state index is 12.1. The lowest BCUT2D eigenvalue weighted by Gasteiger charge is -2.38. The van der Waals surface area contributed by atoms with E-state index in [1.165, 1.54) is 60.2 Å². The molecule has 2 aliphatic rings. The van der Waals surface area contributed by atoms with Gasteiger partial charge in [0.2, 0.25) is 0 Å². The quantitative estimate of drug-likeness (QED) is 0.310. The normalized spacial score (nSPS) is 20.6. The number of para-hydroxylation sites is 1. The monoisotopic (exact) mass is 499 g/mol. The predicted octanol–water partition coefficient (Wildman–Crippen LogP) is 9.65. The Kier molecular flexibility index (Phi) is 10.1. The van der Waals surface area contributed by atoms with Gasteiger partial charge < -0.3 is 4.90 Å². The molecule has 0 radical (unpaired) electrons. The molecule has 2 heteroatoms. The van der Waals surface area contributed by atoms with Crippen molar-refractivity contribution in [2.75, 3.05) is 18.5 Å². The van der Waals surface area contributed by atoms with Crippen molar-refractivity contribution >= 4 is 5.69 Å². The molecule has 198 valence electrons. The van der Waals surface area contributed by atoms with Gasteiger partial charge in [0.15, 0.2) is 0 Å². The van der Waals surface area contributed by atoms with E-state index in [0.29, 0.717) is 11.3 Å². The highest BCUT2D eigenvalue weighted by atomic mass is 19.1. The van der Waals surface area contributed by atoms with Crippen molar-refractivity contribution in [1.29, 1.82) is 0 Å². The number of aryl methyl sites for hydroxylation is 2. The van der Waals surface area contributed by atoms with Crippen LogP contribution in [-0.2, 0) is 6.42 Å². The topological polar surface area (TPSA) is 3.24 Å². The minimum absolute atomic E-state index is 0.171. The molecule has 0 spiro atoms. The third-order valence-corrected chi connectivity index (χ3v) is 8.37. The molecule has 37 heavy (non-hydrogen) atoms. The van der Waals surface area contributed by atoms with Gasteiger partial charge >= 0.3 is 0 Å². The summed E-state index contributed by atoms with van der Waals surface area (Å²) >= 11 is 0. The van der Waals surface area contributed by atoms with Crippen LogP contribution >= 0.6 is 0 Å². The van der Waals surface area contributed by atoms with Crippen molar-refractivity contribution < 1.29 is 4.39 Å². The van der Waals surface area contributed by atoms with Crippen LogP contribution in [0.3, 0.4) is 0 Å². The summed E-state index contributed by atoms with van der Waals surface area (Å²) < 4.78 is 12.1. The van der Waals surface area contributed by atoms with Crippen molar-refractivity contribution in [2.24, 2.45) is 17.3 Å². The molecule has 1 saturated carbocycles. The SMILES string of the molecule is C=CCCN(C)c1ccccc1CCC1CCC2=CC(C(C)C)=C(C=C)CC21C.Cc1ccc(F)cc1. The first-order chi connectivity index (χ1) is 17.7. The molecule has 0 bridgehead atoms. The Morgan fingerprint density at radius 3 is 2.43 bits per heavy atom. The zero-order chi connectivity index (χ0) is 27.0. The van der Waals surface area contributed by atoms with Gasteiger partial charge in [-0.15, -0.1) is 6.58 Å². The molecule has 2 aromatic carbocycles. The first-order valence-electron chi connectivity index (χ1n) is 13.9. The maximum atomic E-state index is 12.1. The van der Waals surface area contributed by atoms with E-state index in [2.05, 4.69) is 82.3 Å². The van der Waals surface area contributed by atoms with Gasteiger partial charge in [-0.25, -0.2) is 4.39 Å². The molecule has 1 fully saturated rings. The number of rotatable bonds is 9. The number of hydrogen-bond acceptors (Lipinski definition) is 1. The summed E-state index contributed by atoms with van der Waals surface area (Å²) in [4.78, 5) is 2.38. The van der Waals surface area contributed by atoms with Crippen molar-refractivity contribution in [3.05, 3.63) is 114 Å². The standard InChI is InChI=1S/C28H39N.C7H7F/c1-7-9-18-29(6)27-13-11-10-12-23(27)14-15-24-16-17-25-19-26(21(3)4)22(8-2)20-28(24,25)5;1-6-2-4-7(8)5-3-6/h7-8,10-13,19,21,24H,1-2,9,14-18,20H2,3-6H3;2-5H,1H3. The molecule has 2 aromatic rings. The van der Waals surface area contributed by atoms with E-state index < -0.39 is 0 Å². The molecular weight excluding hydrogens is 453 g/mol. The number of benzene rings is 2. The number of anilines is 1. The van der Waals surface area contributed by atoms with Crippen molar-refractivity contribution in [2.45, 2.75) is 66.2 Å². The van der Waals surface area contributed by atoms with E-state index in [4.69, 9.17) is 0 Å². The van der Waals surface area contributed by atoms with Crippen LogP contribution in [0.4, 0.5) is 10.1 Å². The van der Waals surface area contributed by atoms with Gasteiger partial charge in [0.1, 0.15) is 5.82 Å². The second-order valence-corrected chi connectivity index (χ2v) is 11.3. The van der Waals surface area contributed by atoms with Gasteiger partial charge in [0.25, 0.3) is 0 Å². The van der Waals surface area contributed by atoms with Gasteiger partial charge in [-0.1, -0.05) is 87.0 Å². The second kappa shape index (κ2) is 13.1. The molecule has 2 unspecified atom stereocenters. The molecular formula is C35H46FN. The first kappa shape index (κ1) is 28.7. The van der Waals surface area contributed by atoms with Crippen LogP contribution in [0.1, 0.15) is 64.0 Å². The summed E-state index contributed by atoms with van der Waals surface area (Å²) in [6.07, 6.45) is 13.9. The Bertz CT molecular complexity index is 1100. The lowest BCUT2D eigenvalue weighted by Crippen LogP contribution is -2.28. The molecule has 0 aromatic heterocycles. The maximum Gasteiger partial charge on any atom is 0.123 e. The summed E-state index contributed by atoms with van der Waals surface area (Å²) in [5, 5.41) is 0. The largest absolute Gasteiger partial charge is 0.374 e. The molecule has 0 saturated heterocycles. The van der Waals surface area contributed by atoms with E-state index in [-0.39, 0.29) is 5.82 Å². The Morgan fingerprint density at radius 2 is 1.81 bits per heavy atom. The van der Waals surface area contributed by atoms with Crippen molar-refractivity contribution in [3.63, 3.8) is 0 Å². The highest BCUT2D eigenvalue weighted by Gasteiger charge is 2.44. The highest BCUT2D eigenvalue weighted by molar-refractivity contribution is 5.53. The molecule has 0 heterocycles. The van der Waals surface area contributed by atoms with E-state index in [9.17, 15) is 4.39 Å². The fourth-order valence-electron chi connectivity index (χ4n) is 6.02. The Hall–Kier alpha value is -2.87. The average molecular weight is 500 g/mol. The van der Waals surface area contributed by atoms with Crippen LogP contribution < -0.4 is 4.90 Å². The number of allylic oxidation sites excluding steroid dienone is 5. The van der Waals surface area contributed by atoms with Gasteiger partial charge in [-0.3, -0.25) is 0 Å². The van der Waals surface area contributed by atoms with Crippen LogP contribution in [-0.4, -0.2) is 13.6 Å². The minimum Gasteiger partial charge on any atom is -0.374 e. The Balaban J connectivity index is 0.000000405. The molecule has 2 atom stereocenters. The lowest BCUT2D eigenvalue weighted by molar-refractivity contribution is 0.255. The Labute approximate surface area is 225 Å². The Morgan fingerprint density at radius 1 is 1.11 bits per heavy atom. The lowest BCUT2D eigenvalue weighted by atomic mass is 9.66. The third-order valence-electron chi connectivity index (χ3n) is 8.37. The summed E-state index contributed by atoms with van der Waals surface area (Å²) in [5.41, 5.74) is 8.94. The predicted molar refractivity (Wildman–Crippen MR) is 160 cm³/mol.